The summed E-state index contributed by atoms with van der Waals surface area (Å²) in [6.45, 7) is 2.27. The highest BCUT2D eigenvalue weighted by Crippen LogP contribution is 2.10. The number of nitrogens with zero attached hydrogens (tertiary/aromatic N) is 1. The van der Waals surface area contributed by atoms with Gasteiger partial charge in [-0.05, 0) is 25.0 Å². The van der Waals surface area contributed by atoms with E-state index in [-0.39, 0.29) is 0 Å². The second-order valence-electron chi connectivity index (χ2n) is 5.31. The van der Waals surface area contributed by atoms with Crippen LogP contribution in [0.3, 0.4) is 0 Å². The molecule has 0 heterocycles. The van der Waals surface area contributed by atoms with Crippen LogP contribution in [-0.2, 0) is 0 Å². The number of para-hydroxylation sites is 1. The van der Waals surface area contributed by atoms with Crippen molar-refractivity contribution < 1.29 is 4.84 Å². The Bertz CT molecular complexity index is 335. The molecule has 0 atom stereocenters. The van der Waals surface area contributed by atoms with Crippen LogP contribution in [0, 0.1) is 0 Å². The maximum atomic E-state index is 5.26. The molecule has 0 unspecified atom stereocenters. The minimum Gasteiger partial charge on any atom is -0.357 e. The van der Waals surface area contributed by atoms with Crippen molar-refractivity contribution in [2.24, 2.45) is 5.16 Å². The van der Waals surface area contributed by atoms with Crippen molar-refractivity contribution in [1.82, 2.24) is 0 Å². The van der Waals surface area contributed by atoms with Gasteiger partial charge in [0.15, 0.2) is 5.75 Å². The Labute approximate surface area is 124 Å². The minimum absolute atomic E-state index is 0.802. The molecule has 1 rings (SSSR count). The van der Waals surface area contributed by atoms with Crippen molar-refractivity contribution in [2.45, 2.75) is 71.1 Å². The van der Waals surface area contributed by atoms with Crippen LogP contribution in [0.4, 0.5) is 0 Å². The summed E-state index contributed by atoms with van der Waals surface area (Å²) in [4.78, 5) is 5.26. The summed E-state index contributed by atoms with van der Waals surface area (Å²) in [7, 11) is 0. The van der Waals surface area contributed by atoms with Gasteiger partial charge >= 0.3 is 0 Å². The van der Waals surface area contributed by atoms with Crippen molar-refractivity contribution in [3.8, 4) is 5.75 Å². The number of unbranched alkanes of at least 4 members (excludes halogenated alkanes) is 9. The molecule has 0 aliphatic carbocycles. The van der Waals surface area contributed by atoms with Crippen LogP contribution in [0.5, 0.6) is 5.75 Å². The third-order valence-corrected chi connectivity index (χ3v) is 3.41. The Hall–Kier alpha value is -1.31. The van der Waals surface area contributed by atoms with Crippen molar-refractivity contribution in [3.63, 3.8) is 0 Å². The first-order valence-electron chi connectivity index (χ1n) is 8.17. The summed E-state index contributed by atoms with van der Waals surface area (Å²) in [6.07, 6.45) is 15.2. The average Bonchev–Trinajstić information content (AvgIpc) is 2.49. The second-order valence-corrected chi connectivity index (χ2v) is 5.31. The average molecular weight is 275 g/mol. The van der Waals surface area contributed by atoms with Crippen LogP contribution >= 0.6 is 0 Å². The van der Waals surface area contributed by atoms with Crippen LogP contribution in [0.2, 0.25) is 0 Å². The van der Waals surface area contributed by atoms with Crippen LogP contribution in [0.1, 0.15) is 71.1 Å². The second kappa shape index (κ2) is 12.7. The topological polar surface area (TPSA) is 21.6 Å². The van der Waals surface area contributed by atoms with Gasteiger partial charge in [0.25, 0.3) is 0 Å². The molecular weight excluding hydrogens is 246 g/mol. The summed E-state index contributed by atoms with van der Waals surface area (Å²) in [5.74, 6) is 0.802. The largest absolute Gasteiger partial charge is 0.357 e. The van der Waals surface area contributed by atoms with Crippen LogP contribution < -0.4 is 4.84 Å². The molecule has 0 amide bonds. The van der Waals surface area contributed by atoms with Crippen LogP contribution in [0.25, 0.3) is 0 Å². The summed E-state index contributed by atoms with van der Waals surface area (Å²) in [6, 6.07) is 9.70. The summed E-state index contributed by atoms with van der Waals surface area (Å²) in [5.41, 5.74) is 0. The predicted octanol–water partition coefficient (Wildman–Crippen LogP) is 5.97. The van der Waals surface area contributed by atoms with E-state index in [0.29, 0.717) is 0 Å². The summed E-state index contributed by atoms with van der Waals surface area (Å²) in [5, 5.41) is 3.98. The monoisotopic (exact) mass is 275 g/mol. The Kier molecular flexibility index (Phi) is 10.6. The smallest absolute Gasteiger partial charge is 0.157 e. The maximum Gasteiger partial charge on any atom is 0.157 e. The Morgan fingerprint density at radius 2 is 1.45 bits per heavy atom. The molecule has 0 saturated carbocycles. The Morgan fingerprint density at radius 1 is 0.850 bits per heavy atom. The fourth-order valence-corrected chi connectivity index (χ4v) is 2.18. The van der Waals surface area contributed by atoms with Crippen molar-refractivity contribution in [3.05, 3.63) is 30.3 Å². The van der Waals surface area contributed by atoms with Gasteiger partial charge in [0.05, 0.1) is 0 Å². The number of oxime groups is 1. The van der Waals surface area contributed by atoms with E-state index in [4.69, 9.17) is 4.84 Å². The molecule has 1 aromatic carbocycles. The van der Waals surface area contributed by atoms with Gasteiger partial charge in [0.2, 0.25) is 0 Å². The molecule has 112 valence electrons. The highest BCUT2D eigenvalue weighted by molar-refractivity contribution is 5.56. The first-order chi connectivity index (χ1) is 9.93. The van der Waals surface area contributed by atoms with Gasteiger partial charge < -0.3 is 4.84 Å². The van der Waals surface area contributed by atoms with Gasteiger partial charge in [-0.25, -0.2) is 0 Å². The zero-order chi connectivity index (χ0) is 14.3. The van der Waals surface area contributed by atoms with Crippen molar-refractivity contribution >= 4 is 6.21 Å². The van der Waals surface area contributed by atoms with Crippen molar-refractivity contribution in [2.75, 3.05) is 0 Å². The van der Waals surface area contributed by atoms with E-state index in [1.54, 1.807) is 0 Å². The molecule has 0 fully saturated rings. The first-order valence-corrected chi connectivity index (χ1v) is 8.17. The molecule has 0 radical (unpaired) electrons. The van der Waals surface area contributed by atoms with Gasteiger partial charge in [0, 0.05) is 6.21 Å². The minimum atomic E-state index is 0.802. The Morgan fingerprint density at radius 3 is 2.10 bits per heavy atom. The fourth-order valence-electron chi connectivity index (χ4n) is 2.18. The van der Waals surface area contributed by atoms with Gasteiger partial charge in [-0.15, -0.1) is 0 Å². The van der Waals surface area contributed by atoms with Gasteiger partial charge in [-0.2, -0.15) is 0 Å². The third kappa shape index (κ3) is 9.60. The highest BCUT2D eigenvalue weighted by Gasteiger charge is 1.92. The quantitative estimate of drug-likeness (QED) is 0.261. The molecule has 0 N–H and O–H groups in total. The SMILES string of the molecule is CCCCCCCCCCC/C=N/Oc1ccccc1. The normalized spacial score (nSPS) is 11.1. The lowest BCUT2D eigenvalue weighted by atomic mass is 10.1. The first kappa shape index (κ1) is 16.7. The molecule has 0 aliphatic rings. The van der Waals surface area contributed by atoms with Crippen LogP contribution in [0.15, 0.2) is 35.5 Å². The lowest BCUT2D eigenvalue weighted by molar-refractivity contribution is 0.342. The van der Waals surface area contributed by atoms with E-state index >= 15 is 0 Å². The molecule has 0 spiro atoms. The zero-order valence-corrected chi connectivity index (χ0v) is 12.9. The standard InChI is InChI=1S/C18H29NO/c1-2-3-4-5-6-7-8-9-10-14-17-19-20-18-15-12-11-13-16-18/h11-13,15-17H,2-10,14H2,1H3/b19-17+. The molecule has 0 aliphatic heterocycles. The molecular formula is C18H29NO. The van der Waals surface area contributed by atoms with E-state index < -0.39 is 0 Å². The number of benzene rings is 1. The fraction of sp³-hybridized carbons (Fsp3) is 0.611. The van der Waals surface area contributed by atoms with Crippen molar-refractivity contribution in [1.29, 1.82) is 0 Å². The van der Waals surface area contributed by atoms with Gasteiger partial charge in [-0.3, -0.25) is 0 Å². The third-order valence-electron chi connectivity index (χ3n) is 3.41. The Balaban J connectivity index is 1.85. The predicted molar refractivity (Wildman–Crippen MR) is 87.4 cm³/mol. The number of rotatable bonds is 12. The zero-order valence-electron chi connectivity index (χ0n) is 12.9. The van der Waals surface area contributed by atoms with Crippen LogP contribution in [-0.4, -0.2) is 6.21 Å². The lowest BCUT2D eigenvalue weighted by Gasteiger charge is -2.00. The molecule has 2 heteroatoms. The van der Waals surface area contributed by atoms with Gasteiger partial charge in [-0.1, -0.05) is 81.6 Å². The molecule has 0 aromatic heterocycles. The number of hydrogen-bond donors (Lipinski definition) is 0. The summed E-state index contributed by atoms with van der Waals surface area (Å²) >= 11 is 0. The summed E-state index contributed by atoms with van der Waals surface area (Å²) < 4.78 is 0. The van der Waals surface area contributed by atoms with E-state index in [1.165, 1.54) is 57.8 Å². The molecule has 2 nitrogen and oxygen atoms in total. The lowest BCUT2D eigenvalue weighted by Crippen LogP contribution is -1.85. The van der Waals surface area contributed by atoms with Gasteiger partial charge in [0.1, 0.15) is 0 Å². The van der Waals surface area contributed by atoms with E-state index in [9.17, 15) is 0 Å². The van der Waals surface area contributed by atoms with E-state index in [0.717, 1.165) is 12.2 Å². The number of hydrogen-bond acceptors (Lipinski definition) is 2. The molecule has 1 aromatic rings. The molecule has 0 bridgehead atoms. The van der Waals surface area contributed by atoms with E-state index in [1.807, 2.05) is 36.5 Å². The molecule has 20 heavy (non-hydrogen) atoms. The maximum absolute atomic E-state index is 5.26. The van der Waals surface area contributed by atoms with E-state index in [2.05, 4.69) is 12.1 Å². The highest BCUT2D eigenvalue weighted by atomic mass is 16.6. The molecule has 0 saturated heterocycles.